The van der Waals surface area contributed by atoms with Gasteiger partial charge in [-0.15, -0.1) is 0 Å². The van der Waals surface area contributed by atoms with E-state index in [1.54, 1.807) is 0 Å². The van der Waals surface area contributed by atoms with E-state index >= 15 is 0 Å². The van der Waals surface area contributed by atoms with Crippen molar-refractivity contribution >= 4 is 9.92 Å². The molecule has 66 valence electrons. The summed E-state index contributed by atoms with van der Waals surface area (Å²) < 4.78 is 5.59. The Morgan fingerprint density at radius 2 is 2.18 bits per heavy atom. The second-order valence-electron chi connectivity index (χ2n) is 3.27. The van der Waals surface area contributed by atoms with Gasteiger partial charge in [0.2, 0.25) is 9.92 Å². The number of rotatable bonds is 5. The van der Waals surface area contributed by atoms with Crippen LogP contribution in [0, 0.1) is 5.92 Å². The van der Waals surface area contributed by atoms with Gasteiger partial charge in [0.15, 0.2) is 0 Å². The van der Waals surface area contributed by atoms with Crippen molar-refractivity contribution in [2.24, 2.45) is 5.92 Å². The normalized spacial score (nSPS) is 20.5. The quantitative estimate of drug-likeness (QED) is 0.490. The highest BCUT2D eigenvalue weighted by Gasteiger charge is 2.14. The van der Waals surface area contributed by atoms with Gasteiger partial charge in [0.1, 0.15) is 0 Å². The lowest BCUT2D eigenvalue weighted by molar-refractivity contribution is 0.259. The fraction of sp³-hybridized carbons (Fsp3) is 1.00. The Bertz CT molecular complexity index is 94.1. The maximum Gasteiger partial charge on any atom is 0.235 e. The molecule has 2 nitrogen and oxygen atoms in total. The number of hydrogen-bond acceptors (Lipinski definition) is 2. The molecular weight excluding hydrogens is 154 g/mol. The highest BCUT2D eigenvalue weighted by molar-refractivity contribution is 6.23. The summed E-state index contributed by atoms with van der Waals surface area (Å²) in [5.74, 6) is 0.890. The zero-order chi connectivity index (χ0) is 7.94. The minimum absolute atomic E-state index is 0.372. The first-order chi connectivity index (χ1) is 5.43. The van der Waals surface area contributed by atoms with Crippen molar-refractivity contribution in [1.29, 1.82) is 0 Å². The molecular formula is C8H19NOSi. The molecule has 0 radical (unpaired) electrons. The zero-order valence-corrected chi connectivity index (χ0v) is 8.85. The third-order valence-corrected chi connectivity index (χ3v) is 3.43. The molecule has 1 aliphatic rings. The molecule has 0 spiro atoms. The van der Waals surface area contributed by atoms with Gasteiger partial charge in [-0.3, -0.25) is 0 Å². The third-order valence-electron chi connectivity index (χ3n) is 2.28. The molecule has 0 bridgehead atoms. The van der Waals surface area contributed by atoms with E-state index in [1.807, 2.05) is 0 Å². The van der Waals surface area contributed by atoms with E-state index in [-0.39, 0.29) is 9.92 Å². The molecule has 1 fully saturated rings. The van der Waals surface area contributed by atoms with Gasteiger partial charge in [-0.25, -0.2) is 0 Å². The molecule has 11 heavy (non-hydrogen) atoms. The average molecular weight is 173 g/mol. The monoisotopic (exact) mass is 173 g/mol. The molecule has 0 aliphatic heterocycles. The summed E-state index contributed by atoms with van der Waals surface area (Å²) >= 11 is 0. The Morgan fingerprint density at radius 3 is 2.82 bits per heavy atom. The molecule has 3 heteroatoms. The Balaban J connectivity index is 1.86. The largest absolute Gasteiger partial charge is 0.408 e. The number of hydrogen-bond donors (Lipinski definition) is 1. The summed E-state index contributed by atoms with van der Waals surface area (Å²) in [5.41, 5.74) is 0. The lowest BCUT2D eigenvalue weighted by Crippen LogP contribution is -2.23. The van der Waals surface area contributed by atoms with Gasteiger partial charge >= 0.3 is 0 Å². The van der Waals surface area contributed by atoms with E-state index in [4.69, 9.17) is 4.43 Å². The smallest absolute Gasteiger partial charge is 0.235 e. The Labute approximate surface area is 71.7 Å². The van der Waals surface area contributed by atoms with Crippen LogP contribution in [0.4, 0.5) is 0 Å². The molecule has 0 aromatic rings. The fourth-order valence-corrected chi connectivity index (χ4v) is 2.38. The van der Waals surface area contributed by atoms with Crippen LogP contribution in [0.5, 0.6) is 0 Å². The van der Waals surface area contributed by atoms with Crippen LogP contribution in [0.25, 0.3) is 0 Å². The average Bonchev–Trinajstić information content (AvgIpc) is 2.50. The fourth-order valence-electron chi connectivity index (χ4n) is 1.58. The molecule has 1 saturated carbocycles. The second-order valence-corrected chi connectivity index (χ2v) is 4.47. The van der Waals surface area contributed by atoms with E-state index in [0.717, 1.165) is 19.1 Å². The minimum Gasteiger partial charge on any atom is -0.408 e. The first kappa shape index (κ1) is 9.23. The Hall–Kier alpha value is 0.137. The van der Waals surface area contributed by atoms with Gasteiger partial charge in [-0.05, 0) is 25.3 Å². The SMILES string of the molecule is CCN[SiH2]OCC1CCCC1. The van der Waals surface area contributed by atoms with E-state index < -0.39 is 0 Å². The second kappa shape index (κ2) is 5.74. The summed E-state index contributed by atoms with van der Waals surface area (Å²) in [6.45, 7) is 4.22. The van der Waals surface area contributed by atoms with Gasteiger partial charge in [-0.1, -0.05) is 19.8 Å². The summed E-state index contributed by atoms with van der Waals surface area (Å²) in [4.78, 5) is 3.29. The third kappa shape index (κ3) is 3.89. The molecule has 0 aromatic carbocycles. The molecule has 0 amide bonds. The molecule has 0 saturated heterocycles. The van der Waals surface area contributed by atoms with E-state index in [1.165, 1.54) is 25.7 Å². The van der Waals surface area contributed by atoms with E-state index in [2.05, 4.69) is 11.9 Å². The molecule has 1 N–H and O–H groups in total. The lowest BCUT2D eigenvalue weighted by Gasteiger charge is -2.09. The molecule has 0 atom stereocenters. The van der Waals surface area contributed by atoms with Gasteiger partial charge in [0.05, 0.1) is 0 Å². The van der Waals surface area contributed by atoms with Crippen molar-refractivity contribution in [1.82, 2.24) is 4.98 Å². The minimum atomic E-state index is -0.372. The standard InChI is InChI=1S/C8H19NOSi/c1-2-9-11-10-7-8-5-3-4-6-8/h8-9H,2-7,11H2,1H3. The topological polar surface area (TPSA) is 21.3 Å². The Kier molecular flexibility index (Phi) is 4.82. The van der Waals surface area contributed by atoms with Crippen LogP contribution in [0.15, 0.2) is 0 Å². The van der Waals surface area contributed by atoms with Crippen molar-refractivity contribution in [3.8, 4) is 0 Å². The van der Waals surface area contributed by atoms with E-state index in [9.17, 15) is 0 Å². The van der Waals surface area contributed by atoms with Crippen LogP contribution < -0.4 is 4.98 Å². The van der Waals surface area contributed by atoms with Crippen LogP contribution in [-0.4, -0.2) is 23.1 Å². The molecule has 0 aromatic heterocycles. The summed E-state index contributed by atoms with van der Waals surface area (Å²) in [6.07, 6.45) is 5.66. The summed E-state index contributed by atoms with van der Waals surface area (Å²) in [6, 6.07) is 0. The van der Waals surface area contributed by atoms with Gasteiger partial charge in [0.25, 0.3) is 0 Å². The van der Waals surface area contributed by atoms with Crippen LogP contribution in [-0.2, 0) is 4.43 Å². The van der Waals surface area contributed by atoms with Crippen LogP contribution in [0.2, 0.25) is 0 Å². The van der Waals surface area contributed by atoms with Gasteiger partial charge in [-0.2, -0.15) is 0 Å². The Morgan fingerprint density at radius 1 is 1.45 bits per heavy atom. The molecule has 0 heterocycles. The molecule has 1 rings (SSSR count). The predicted octanol–water partition coefficient (Wildman–Crippen LogP) is 0.801. The van der Waals surface area contributed by atoms with Crippen molar-refractivity contribution in [2.45, 2.75) is 32.6 Å². The maximum absolute atomic E-state index is 5.59. The number of nitrogens with one attached hydrogen (secondary N) is 1. The van der Waals surface area contributed by atoms with Crippen molar-refractivity contribution in [3.63, 3.8) is 0 Å². The van der Waals surface area contributed by atoms with Gasteiger partial charge < -0.3 is 9.41 Å². The van der Waals surface area contributed by atoms with Crippen molar-refractivity contribution in [3.05, 3.63) is 0 Å². The van der Waals surface area contributed by atoms with Crippen LogP contribution >= 0.6 is 0 Å². The van der Waals surface area contributed by atoms with Crippen LogP contribution in [0.1, 0.15) is 32.6 Å². The first-order valence-corrected chi connectivity index (χ1v) is 6.00. The molecule has 1 aliphatic carbocycles. The lowest BCUT2D eigenvalue weighted by atomic mass is 10.1. The molecule has 0 unspecified atom stereocenters. The zero-order valence-electron chi connectivity index (χ0n) is 7.44. The predicted molar refractivity (Wildman–Crippen MR) is 50.1 cm³/mol. The highest BCUT2D eigenvalue weighted by Crippen LogP contribution is 2.24. The summed E-state index contributed by atoms with van der Waals surface area (Å²) in [7, 11) is -0.372. The summed E-state index contributed by atoms with van der Waals surface area (Å²) in [5, 5.41) is 0. The van der Waals surface area contributed by atoms with E-state index in [0.29, 0.717) is 0 Å². The highest BCUT2D eigenvalue weighted by atomic mass is 28.2. The van der Waals surface area contributed by atoms with Crippen molar-refractivity contribution in [2.75, 3.05) is 13.2 Å². The van der Waals surface area contributed by atoms with Crippen LogP contribution in [0.3, 0.4) is 0 Å². The maximum atomic E-state index is 5.59. The van der Waals surface area contributed by atoms with Crippen molar-refractivity contribution < 1.29 is 4.43 Å². The van der Waals surface area contributed by atoms with Gasteiger partial charge in [0, 0.05) is 6.61 Å². The first-order valence-electron chi connectivity index (χ1n) is 4.72.